The number of ether oxygens (including phenoxy) is 1. The van der Waals surface area contributed by atoms with Crippen LogP contribution in [0.15, 0.2) is 51.6 Å². The number of sulfonamides is 2. The smallest absolute Gasteiger partial charge is 0.243 e. The lowest BCUT2D eigenvalue weighted by atomic mass is 10.2. The molecule has 0 spiro atoms. The predicted molar refractivity (Wildman–Crippen MR) is 120 cm³/mol. The van der Waals surface area contributed by atoms with Crippen LogP contribution in [0.25, 0.3) is 0 Å². The van der Waals surface area contributed by atoms with Gasteiger partial charge in [-0.25, -0.2) is 21.6 Å². The second-order valence-electron chi connectivity index (χ2n) is 8.09. The molecular weight excluding hydrogens is 456 g/mol. The van der Waals surface area contributed by atoms with Gasteiger partial charge < -0.3 is 4.74 Å². The van der Waals surface area contributed by atoms with Gasteiger partial charge in [-0.1, -0.05) is 18.9 Å². The molecule has 0 unspecified atom stereocenters. The molecule has 1 aliphatic carbocycles. The van der Waals surface area contributed by atoms with Crippen LogP contribution in [-0.2, 0) is 31.3 Å². The average molecular weight is 485 g/mol. The lowest BCUT2D eigenvalue weighted by molar-refractivity contribution is 0.0927. The van der Waals surface area contributed by atoms with Gasteiger partial charge in [-0.2, -0.15) is 4.31 Å². The van der Waals surface area contributed by atoms with Crippen molar-refractivity contribution < 1.29 is 21.6 Å². The first-order valence-electron chi connectivity index (χ1n) is 10.6. The molecule has 2 aromatic rings. The maximum atomic E-state index is 13.4. The molecule has 2 aliphatic rings. The fraction of sp³-hybridized carbons (Fsp3) is 0.524. The number of nitrogens with zero attached hydrogens (tertiary/aromatic N) is 1. The molecule has 1 saturated heterocycles. The summed E-state index contributed by atoms with van der Waals surface area (Å²) in [5.41, 5.74) is 0. The van der Waals surface area contributed by atoms with Gasteiger partial charge in [0.05, 0.1) is 15.9 Å². The fourth-order valence-corrected chi connectivity index (χ4v) is 7.67. The van der Waals surface area contributed by atoms with Crippen LogP contribution in [0.5, 0.6) is 0 Å². The Morgan fingerprint density at radius 3 is 2.29 bits per heavy atom. The van der Waals surface area contributed by atoms with Crippen LogP contribution in [0.3, 0.4) is 0 Å². The van der Waals surface area contributed by atoms with Crippen molar-refractivity contribution in [3.63, 3.8) is 0 Å². The molecule has 7 nitrogen and oxygen atoms in total. The largest absolute Gasteiger partial charge is 0.377 e. The molecule has 170 valence electrons. The van der Waals surface area contributed by atoms with E-state index >= 15 is 0 Å². The van der Waals surface area contributed by atoms with E-state index in [1.165, 1.54) is 39.9 Å². The topological polar surface area (TPSA) is 92.8 Å². The number of nitrogens with one attached hydrogen (secondary N) is 1. The van der Waals surface area contributed by atoms with Gasteiger partial charge in [0, 0.05) is 30.6 Å². The zero-order valence-corrected chi connectivity index (χ0v) is 19.7. The molecule has 1 N–H and O–H groups in total. The van der Waals surface area contributed by atoms with Gasteiger partial charge in [-0.15, -0.1) is 11.3 Å². The molecule has 2 heterocycles. The summed E-state index contributed by atoms with van der Waals surface area (Å²) in [5, 5.41) is 1.92. The maximum Gasteiger partial charge on any atom is 0.243 e. The van der Waals surface area contributed by atoms with E-state index in [0.717, 1.165) is 43.4 Å². The predicted octanol–water partition coefficient (Wildman–Crippen LogP) is 3.34. The lowest BCUT2D eigenvalue weighted by Gasteiger charge is -2.24. The normalized spacial score (nSPS) is 20.6. The third kappa shape index (κ3) is 5.55. The zero-order valence-electron chi connectivity index (χ0n) is 17.3. The van der Waals surface area contributed by atoms with Crippen molar-refractivity contribution in [3.05, 3.63) is 46.7 Å². The molecule has 0 bridgehead atoms. The van der Waals surface area contributed by atoms with E-state index in [-0.39, 0.29) is 35.0 Å². The van der Waals surface area contributed by atoms with Gasteiger partial charge in [0.1, 0.15) is 0 Å². The highest BCUT2D eigenvalue weighted by Crippen LogP contribution is 2.25. The minimum atomic E-state index is -3.80. The highest BCUT2D eigenvalue weighted by Gasteiger charge is 2.30. The Morgan fingerprint density at radius 1 is 0.968 bits per heavy atom. The van der Waals surface area contributed by atoms with Crippen LogP contribution in [0.2, 0.25) is 0 Å². The quantitative estimate of drug-likeness (QED) is 0.589. The standard InChI is InChI=1S/C21H28N2O5S3/c24-30(25,22-17-5-1-2-6-17)20-9-11-21(12-10-20)31(26,27)23(15-18-7-3-13-28-18)16-19-8-4-14-29-19/h4,8-12,14,17-18,22H,1-3,5-7,13,15-16H2/t18-/m1/s1. The van der Waals surface area contributed by atoms with Crippen LogP contribution in [0.1, 0.15) is 43.4 Å². The summed E-state index contributed by atoms with van der Waals surface area (Å²) in [6, 6.07) is 9.28. The van der Waals surface area contributed by atoms with Crippen LogP contribution in [-0.4, -0.2) is 46.4 Å². The van der Waals surface area contributed by atoms with Crippen LogP contribution in [0.4, 0.5) is 0 Å². The molecule has 1 atom stereocenters. The van der Waals surface area contributed by atoms with Gasteiger partial charge in [0.15, 0.2) is 0 Å². The monoisotopic (exact) mass is 484 g/mol. The first-order valence-corrected chi connectivity index (χ1v) is 14.4. The summed E-state index contributed by atoms with van der Waals surface area (Å²) in [6.45, 7) is 1.20. The zero-order chi connectivity index (χ0) is 21.9. The molecule has 1 aromatic heterocycles. The van der Waals surface area contributed by atoms with Gasteiger partial charge in [0.2, 0.25) is 20.0 Å². The van der Waals surface area contributed by atoms with Crippen molar-refractivity contribution >= 4 is 31.4 Å². The summed E-state index contributed by atoms with van der Waals surface area (Å²) in [7, 11) is -7.47. The van der Waals surface area contributed by atoms with Crippen LogP contribution >= 0.6 is 11.3 Å². The van der Waals surface area contributed by atoms with Gasteiger partial charge in [0.25, 0.3) is 0 Å². The van der Waals surface area contributed by atoms with Gasteiger partial charge in [-0.3, -0.25) is 0 Å². The Balaban J connectivity index is 1.54. The number of hydrogen-bond donors (Lipinski definition) is 1. The van der Waals surface area contributed by atoms with E-state index in [2.05, 4.69) is 4.72 Å². The van der Waals surface area contributed by atoms with Crippen LogP contribution < -0.4 is 4.72 Å². The molecular formula is C21H28N2O5S3. The van der Waals surface area contributed by atoms with Crippen LogP contribution in [0, 0.1) is 0 Å². The minimum Gasteiger partial charge on any atom is -0.377 e. The van der Waals surface area contributed by atoms with Crippen molar-refractivity contribution in [1.82, 2.24) is 9.03 Å². The van der Waals surface area contributed by atoms with E-state index in [4.69, 9.17) is 4.74 Å². The molecule has 1 aliphatic heterocycles. The first kappa shape index (κ1) is 22.9. The molecule has 0 radical (unpaired) electrons. The summed E-state index contributed by atoms with van der Waals surface area (Å²) in [4.78, 5) is 1.12. The minimum absolute atomic E-state index is 0.0406. The van der Waals surface area contributed by atoms with Crippen molar-refractivity contribution in [1.29, 1.82) is 0 Å². The maximum absolute atomic E-state index is 13.4. The molecule has 10 heteroatoms. The average Bonchev–Trinajstić information content (AvgIpc) is 3.51. The summed E-state index contributed by atoms with van der Waals surface area (Å²) >= 11 is 1.51. The Morgan fingerprint density at radius 2 is 1.68 bits per heavy atom. The summed E-state index contributed by atoms with van der Waals surface area (Å²) in [5.74, 6) is 0. The highest BCUT2D eigenvalue weighted by molar-refractivity contribution is 7.89. The number of benzene rings is 1. The van der Waals surface area contributed by atoms with E-state index < -0.39 is 20.0 Å². The van der Waals surface area contributed by atoms with E-state index in [9.17, 15) is 16.8 Å². The number of hydrogen-bond acceptors (Lipinski definition) is 6. The van der Waals surface area contributed by atoms with E-state index in [1.54, 1.807) is 0 Å². The Labute approximate surface area is 188 Å². The molecule has 0 amide bonds. The highest BCUT2D eigenvalue weighted by atomic mass is 32.2. The Kier molecular flexibility index (Phi) is 7.14. The second-order valence-corrected chi connectivity index (χ2v) is 12.8. The first-order chi connectivity index (χ1) is 14.8. The second kappa shape index (κ2) is 9.68. The Bertz CT molecular complexity index is 1050. The number of rotatable bonds is 9. The number of thiophene rings is 1. The van der Waals surface area contributed by atoms with Crippen molar-refractivity contribution in [2.24, 2.45) is 0 Å². The van der Waals surface area contributed by atoms with Gasteiger partial charge >= 0.3 is 0 Å². The third-order valence-electron chi connectivity index (χ3n) is 5.79. The van der Waals surface area contributed by atoms with Gasteiger partial charge in [-0.05, 0) is 61.4 Å². The molecule has 2 fully saturated rings. The molecule has 4 rings (SSSR count). The third-order valence-corrected chi connectivity index (χ3v) is 10.0. The molecule has 1 saturated carbocycles. The van der Waals surface area contributed by atoms with E-state index in [0.29, 0.717) is 6.61 Å². The van der Waals surface area contributed by atoms with Crippen molar-refractivity contribution in [2.45, 2.75) is 67.0 Å². The SMILES string of the molecule is O=S(=O)(NC1CCCC1)c1ccc(S(=O)(=O)N(Cc2cccs2)C[C@H]2CCCO2)cc1. The molecule has 1 aromatic carbocycles. The Hall–Kier alpha value is -1.30. The van der Waals surface area contributed by atoms with Crippen molar-refractivity contribution in [3.8, 4) is 0 Å². The summed E-state index contributed by atoms with van der Waals surface area (Å²) in [6.07, 6.45) is 5.37. The van der Waals surface area contributed by atoms with E-state index in [1.807, 2.05) is 17.5 Å². The van der Waals surface area contributed by atoms with Crippen molar-refractivity contribution in [2.75, 3.05) is 13.2 Å². The fourth-order valence-electron chi connectivity index (χ4n) is 4.11. The lowest BCUT2D eigenvalue weighted by Crippen LogP contribution is -2.36. The summed E-state index contributed by atoms with van der Waals surface area (Å²) < 4.78 is 61.9. The molecule has 31 heavy (non-hydrogen) atoms.